The molecule has 0 spiro atoms. The van der Waals surface area contributed by atoms with Crippen molar-refractivity contribution in [3.05, 3.63) is 29.3 Å². The van der Waals surface area contributed by atoms with Gasteiger partial charge in [0.05, 0.1) is 6.42 Å². The first-order valence-electron chi connectivity index (χ1n) is 7.61. The fourth-order valence-corrected chi connectivity index (χ4v) is 3.30. The van der Waals surface area contributed by atoms with E-state index in [1.165, 1.54) is 6.42 Å². The number of anilines is 1. The van der Waals surface area contributed by atoms with Crippen LogP contribution < -0.4 is 16.4 Å². The fraction of sp³-hybridized carbons (Fsp3) is 0.500. The van der Waals surface area contributed by atoms with Crippen molar-refractivity contribution in [3.8, 4) is 0 Å². The van der Waals surface area contributed by atoms with Gasteiger partial charge in [-0.3, -0.25) is 9.59 Å². The van der Waals surface area contributed by atoms with E-state index in [1.54, 1.807) is 12.1 Å². The van der Waals surface area contributed by atoms with Gasteiger partial charge in [-0.05, 0) is 49.1 Å². The molecule has 0 radical (unpaired) electrons. The Morgan fingerprint density at radius 3 is 2.95 bits per heavy atom. The topological polar surface area (TPSA) is 84.2 Å². The average molecular weight is 287 g/mol. The van der Waals surface area contributed by atoms with E-state index in [0.29, 0.717) is 24.4 Å². The molecule has 4 N–H and O–H groups in total. The summed E-state index contributed by atoms with van der Waals surface area (Å²) in [4.78, 5) is 23.8. The first kappa shape index (κ1) is 14.1. The zero-order valence-electron chi connectivity index (χ0n) is 12.0. The lowest BCUT2D eigenvalue weighted by molar-refractivity contribution is -0.115. The summed E-state index contributed by atoms with van der Waals surface area (Å²) in [5, 5.41) is 5.89. The number of benzene rings is 1. The van der Waals surface area contributed by atoms with Gasteiger partial charge in [0.1, 0.15) is 0 Å². The third kappa shape index (κ3) is 2.93. The van der Waals surface area contributed by atoms with Crippen LogP contribution in [0.5, 0.6) is 0 Å². The third-order valence-corrected chi connectivity index (χ3v) is 4.52. The number of nitrogens with two attached hydrogens (primary N) is 1. The molecule has 2 unspecified atom stereocenters. The predicted molar refractivity (Wildman–Crippen MR) is 81.0 cm³/mol. The van der Waals surface area contributed by atoms with Gasteiger partial charge in [-0.25, -0.2) is 0 Å². The normalized spacial score (nSPS) is 24.3. The van der Waals surface area contributed by atoms with Crippen LogP contribution in [0.3, 0.4) is 0 Å². The standard InChI is InChI=1S/C16H21N3O2/c17-9-11-3-1-2-4-13(11)19-16(21)10-5-6-14-12(7-10)8-15(20)18-14/h5-7,11,13H,1-4,8-9,17H2,(H,18,20)(H,19,21). The largest absolute Gasteiger partial charge is 0.349 e. The number of nitrogens with one attached hydrogen (secondary N) is 2. The summed E-state index contributed by atoms with van der Waals surface area (Å²) in [6, 6.07) is 5.54. The first-order valence-corrected chi connectivity index (χ1v) is 7.61. The molecular formula is C16H21N3O2. The second-order valence-electron chi connectivity index (χ2n) is 5.96. The van der Waals surface area contributed by atoms with Crippen LogP contribution in [-0.2, 0) is 11.2 Å². The molecule has 1 aromatic rings. The smallest absolute Gasteiger partial charge is 0.251 e. The Morgan fingerprint density at radius 1 is 1.33 bits per heavy atom. The summed E-state index contributed by atoms with van der Waals surface area (Å²) in [5.74, 6) is 0.293. The molecule has 1 aromatic carbocycles. The van der Waals surface area contributed by atoms with Gasteiger partial charge in [-0.1, -0.05) is 12.8 Å². The molecule has 1 aliphatic carbocycles. The summed E-state index contributed by atoms with van der Waals surface area (Å²) in [7, 11) is 0. The van der Waals surface area contributed by atoms with Crippen LogP contribution in [0.2, 0.25) is 0 Å². The molecule has 5 heteroatoms. The number of carbonyl (C=O) groups is 2. The highest BCUT2D eigenvalue weighted by Crippen LogP contribution is 2.26. The van der Waals surface area contributed by atoms with Gasteiger partial charge >= 0.3 is 0 Å². The van der Waals surface area contributed by atoms with Crippen molar-refractivity contribution in [3.63, 3.8) is 0 Å². The summed E-state index contributed by atoms with van der Waals surface area (Å²) >= 11 is 0. The van der Waals surface area contributed by atoms with E-state index in [4.69, 9.17) is 5.73 Å². The number of hydrogen-bond acceptors (Lipinski definition) is 3. The molecule has 5 nitrogen and oxygen atoms in total. The minimum Gasteiger partial charge on any atom is -0.349 e. The molecule has 1 saturated carbocycles. The molecule has 1 fully saturated rings. The Hall–Kier alpha value is -1.88. The van der Waals surface area contributed by atoms with Gasteiger partial charge in [0.15, 0.2) is 0 Å². The van der Waals surface area contributed by atoms with Crippen LogP contribution in [0.1, 0.15) is 41.6 Å². The molecule has 2 atom stereocenters. The van der Waals surface area contributed by atoms with Crippen molar-refractivity contribution in [1.82, 2.24) is 5.32 Å². The van der Waals surface area contributed by atoms with Crippen molar-refractivity contribution in [2.24, 2.45) is 11.7 Å². The number of hydrogen-bond donors (Lipinski definition) is 3. The monoisotopic (exact) mass is 287 g/mol. The van der Waals surface area contributed by atoms with Crippen LogP contribution in [0.15, 0.2) is 18.2 Å². The van der Waals surface area contributed by atoms with Gasteiger partial charge < -0.3 is 16.4 Å². The fourth-order valence-electron chi connectivity index (χ4n) is 3.30. The quantitative estimate of drug-likeness (QED) is 0.786. The van der Waals surface area contributed by atoms with E-state index < -0.39 is 0 Å². The molecule has 21 heavy (non-hydrogen) atoms. The Kier molecular flexibility index (Phi) is 3.92. The van der Waals surface area contributed by atoms with Crippen LogP contribution in [0.4, 0.5) is 5.69 Å². The zero-order valence-corrected chi connectivity index (χ0v) is 12.0. The van der Waals surface area contributed by atoms with Crippen molar-refractivity contribution in [1.29, 1.82) is 0 Å². The molecule has 0 aromatic heterocycles. The van der Waals surface area contributed by atoms with E-state index in [2.05, 4.69) is 10.6 Å². The number of fused-ring (bicyclic) bond motifs is 1. The van der Waals surface area contributed by atoms with E-state index in [0.717, 1.165) is 30.5 Å². The van der Waals surface area contributed by atoms with E-state index >= 15 is 0 Å². The Morgan fingerprint density at radius 2 is 2.14 bits per heavy atom. The first-order chi connectivity index (χ1) is 10.2. The molecule has 3 rings (SSSR count). The number of amides is 2. The number of rotatable bonds is 3. The molecular weight excluding hydrogens is 266 g/mol. The van der Waals surface area contributed by atoms with Gasteiger partial charge in [0.25, 0.3) is 5.91 Å². The van der Waals surface area contributed by atoms with Gasteiger partial charge in [-0.15, -0.1) is 0 Å². The molecule has 112 valence electrons. The van der Waals surface area contributed by atoms with Crippen LogP contribution >= 0.6 is 0 Å². The molecule has 0 saturated heterocycles. The number of carbonyl (C=O) groups excluding carboxylic acids is 2. The Bertz CT molecular complexity index is 571. The average Bonchev–Trinajstić information content (AvgIpc) is 2.86. The van der Waals surface area contributed by atoms with E-state index in [9.17, 15) is 9.59 Å². The van der Waals surface area contributed by atoms with Crippen LogP contribution in [0, 0.1) is 5.92 Å². The second kappa shape index (κ2) is 5.85. The summed E-state index contributed by atoms with van der Waals surface area (Å²) in [5.41, 5.74) is 8.13. The van der Waals surface area contributed by atoms with Crippen LogP contribution in [-0.4, -0.2) is 24.4 Å². The van der Waals surface area contributed by atoms with Gasteiger partial charge in [0.2, 0.25) is 5.91 Å². The molecule has 2 aliphatic rings. The molecule has 2 amide bonds. The maximum absolute atomic E-state index is 12.4. The maximum Gasteiger partial charge on any atom is 0.251 e. The maximum atomic E-state index is 12.4. The summed E-state index contributed by atoms with van der Waals surface area (Å²) in [6.45, 7) is 0.619. The zero-order chi connectivity index (χ0) is 14.8. The molecule has 1 aliphatic heterocycles. The second-order valence-corrected chi connectivity index (χ2v) is 5.96. The Labute approximate surface area is 124 Å². The highest BCUT2D eigenvalue weighted by molar-refractivity contribution is 6.01. The molecule has 0 bridgehead atoms. The SMILES string of the molecule is NCC1CCCCC1NC(=O)c1ccc2c(c1)CC(=O)N2. The Balaban J connectivity index is 1.71. The minimum absolute atomic E-state index is 0.0157. The van der Waals surface area contributed by atoms with Crippen molar-refractivity contribution in [2.75, 3.05) is 11.9 Å². The van der Waals surface area contributed by atoms with E-state index in [-0.39, 0.29) is 17.9 Å². The lowest BCUT2D eigenvalue weighted by Gasteiger charge is -2.31. The predicted octanol–water partition coefficient (Wildman–Crippen LogP) is 1.43. The van der Waals surface area contributed by atoms with Crippen molar-refractivity contribution < 1.29 is 9.59 Å². The van der Waals surface area contributed by atoms with Gasteiger partial charge in [0, 0.05) is 17.3 Å². The summed E-state index contributed by atoms with van der Waals surface area (Å²) < 4.78 is 0. The van der Waals surface area contributed by atoms with Crippen molar-refractivity contribution in [2.45, 2.75) is 38.1 Å². The van der Waals surface area contributed by atoms with Gasteiger partial charge in [-0.2, -0.15) is 0 Å². The highest BCUT2D eigenvalue weighted by atomic mass is 16.2. The third-order valence-electron chi connectivity index (χ3n) is 4.52. The van der Waals surface area contributed by atoms with Crippen LogP contribution in [0.25, 0.3) is 0 Å². The lowest BCUT2D eigenvalue weighted by Crippen LogP contribution is -2.44. The van der Waals surface area contributed by atoms with Crippen molar-refractivity contribution >= 4 is 17.5 Å². The minimum atomic E-state index is -0.0671. The lowest BCUT2D eigenvalue weighted by atomic mass is 9.84. The summed E-state index contributed by atoms with van der Waals surface area (Å²) in [6.07, 6.45) is 4.78. The van der Waals surface area contributed by atoms with E-state index in [1.807, 2.05) is 6.07 Å². The molecule has 1 heterocycles. The highest BCUT2D eigenvalue weighted by Gasteiger charge is 2.26.